The fourth-order valence-electron chi connectivity index (χ4n) is 4.78. The number of amidine groups is 1. The average Bonchev–Trinajstić information content (AvgIpc) is 3.58. The number of allylic oxidation sites excluding steroid dienone is 1. The number of fused-ring (bicyclic) bond motifs is 1. The number of aliphatic imine (C=N–C) groups is 1. The van der Waals surface area contributed by atoms with Crippen LogP contribution in [-0.4, -0.2) is 42.8 Å². The minimum Gasteiger partial charge on any atom is -0.388 e. The second kappa shape index (κ2) is 9.84. The van der Waals surface area contributed by atoms with Crippen molar-refractivity contribution < 1.29 is 18.3 Å². The molecule has 3 aromatic rings. The van der Waals surface area contributed by atoms with Crippen molar-refractivity contribution in [2.75, 3.05) is 6.54 Å². The van der Waals surface area contributed by atoms with E-state index in [4.69, 9.17) is 16.6 Å². The molecule has 2 aliphatic heterocycles. The summed E-state index contributed by atoms with van der Waals surface area (Å²) in [5.41, 5.74) is 0.971. The Morgan fingerprint density at radius 2 is 2.17 bits per heavy atom. The van der Waals surface area contributed by atoms with Crippen LogP contribution in [0.2, 0.25) is 5.02 Å². The summed E-state index contributed by atoms with van der Waals surface area (Å²) in [6.45, 7) is 1.20. The maximum Gasteiger partial charge on any atom is 0.333 e. The molecule has 0 radical (unpaired) electrons. The third kappa shape index (κ3) is 4.60. The summed E-state index contributed by atoms with van der Waals surface area (Å²) < 4.78 is 41.3. The fraction of sp³-hybridized carbons (Fsp3) is 0.320. The summed E-state index contributed by atoms with van der Waals surface area (Å²) in [4.78, 5) is 11.3. The van der Waals surface area contributed by atoms with Gasteiger partial charge in [0.1, 0.15) is 11.9 Å². The summed E-state index contributed by atoms with van der Waals surface area (Å²) in [5, 5.41) is 18.3. The van der Waals surface area contributed by atoms with Crippen LogP contribution in [0.5, 0.6) is 0 Å². The Bertz CT molecular complexity index is 1340. The average molecular weight is 534 g/mol. The number of thiazole rings is 1. The highest BCUT2D eigenvalue weighted by atomic mass is 35.5. The summed E-state index contributed by atoms with van der Waals surface area (Å²) in [6.07, 6.45) is 6.96. The predicted molar refractivity (Wildman–Crippen MR) is 134 cm³/mol. The zero-order valence-corrected chi connectivity index (χ0v) is 20.7. The fourth-order valence-corrected chi connectivity index (χ4v) is 5.70. The van der Waals surface area contributed by atoms with E-state index in [0.29, 0.717) is 38.8 Å². The number of aromatic nitrogens is 3. The van der Waals surface area contributed by atoms with Crippen LogP contribution in [-0.2, 0) is 0 Å². The van der Waals surface area contributed by atoms with Gasteiger partial charge in [-0.1, -0.05) is 23.7 Å². The summed E-state index contributed by atoms with van der Waals surface area (Å²) >= 11 is 7.86. The van der Waals surface area contributed by atoms with Crippen molar-refractivity contribution in [1.29, 1.82) is 0 Å². The topological polar surface area (TPSA) is 66.5 Å². The van der Waals surface area contributed by atoms with Crippen molar-refractivity contribution in [3.63, 3.8) is 0 Å². The number of unbranched alkanes of at least 4 members (excludes halogenated alkanes) is 1. The molecule has 2 atom stereocenters. The molecule has 1 fully saturated rings. The molecule has 1 aromatic carbocycles. The molecule has 188 valence electrons. The molecule has 0 amide bonds. The first kappa shape index (κ1) is 24.7. The van der Waals surface area contributed by atoms with Gasteiger partial charge in [0.25, 0.3) is 0 Å². The number of alkyl halides is 2. The number of benzene rings is 1. The summed E-state index contributed by atoms with van der Waals surface area (Å²) in [6, 6.07) is 4.75. The van der Waals surface area contributed by atoms with E-state index in [2.05, 4.69) is 16.7 Å². The molecule has 1 saturated heterocycles. The second-order valence-electron chi connectivity index (χ2n) is 8.85. The number of halogens is 4. The van der Waals surface area contributed by atoms with Crippen LogP contribution in [0.25, 0.3) is 5.57 Å². The van der Waals surface area contributed by atoms with Crippen LogP contribution < -0.4 is 0 Å². The number of hydrogen-bond donors (Lipinski definition) is 1. The third-order valence-corrected chi connectivity index (χ3v) is 7.48. The Kier molecular flexibility index (Phi) is 6.76. The summed E-state index contributed by atoms with van der Waals surface area (Å²) in [5.74, 6) is 0.0426. The second-order valence-corrected chi connectivity index (χ2v) is 10.1. The maximum absolute atomic E-state index is 13.9. The van der Waals surface area contributed by atoms with Gasteiger partial charge in [0.05, 0.1) is 17.8 Å². The molecule has 2 aliphatic rings. The minimum atomic E-state index is -2.81. The molecule has 6 nitrogen and oxygen atoms in total. The normalized spacial score (nSPS) is 21.8. The van der Waals surface area contributed by atoms with Crippen molar-refractivity contribution in [3.8, 4) is 0 Å². The van der Waals surface area contributed by atoms with E-state index in [1.54, 1.807) is 6.20 Å². The summed E-state index contributed by atoms with van der Waals surface area (Å²) in [7, 11) is 0. The molecule has 0 unspecified atom stereocenters. The molecule has 11 heteroatoms. The van der Waals surface area contributed by atoms with E-state index in [9.17, 15) is 18.3 Å². The Labute approximate surface area is 215 Å². The van der Waals surface area contributed by atoms with Crippen molar-refractivity contribution in [1.82, 2.24) is 19.7 Å². The molecule has 1 N–H and O–H groups in total. The van der Waals surface area contributed by atoms with Gasteiger partial charge in [-0.2, -0.15) is 13.9 Å². The van der Waals surface area contributed by atoms with Gasteiger partial charge in [0.15, 0.2) is 10.8 Å². The predicted octanol–water partition coefficient (Wildman–Crippen LogP) is 6.23. The van der Waals surface area contributed by atoms with Gasteiger partial charge in [-0.05, 0) is 37.5 Å². The molecule has 0 saturated carbocycles. The lowest BCUT2D eigenvalue weighted by Gasteiger charge is -2.32. The van der Waals surface area contributed by atoms with Crippen LogP contribution in [0, 0.1) is 5.82 Å². The zero-order chi connectivity index (χ0) is 25.4. The quantitative estimate of drug-likeness (QED) is 0.275. The molecular weight excluding hydrogens is 511 g/mol. The van der Waals surface area contributed by atoms with Crippen molar-refractivity contribution in [2.45, 2.75) is 43.9 Å². The van der Waals surface area contributed by atoms with Crippen LogP contribution >= 0.6 is 22.9 Å². The highest BCUT2D eigenvalue weighted by Crippen LogP contribution is 2.48. The Balaban J connectivity index is 1.70. The van der Waals surface area contributed by atoms with E-state index in [1.807, 2.05) is 16.4 Å². The molecule has 5 rings (SSSR count). The molecule has 4 heterocycles. The molecular formula is C25H23ClF3N5OS. The van der Waals surface area contributed by atoms with Crippen molar-refractivity contribution >= 4 is 34.3 Å². The van der Waals surface area contributed by atoms with Gasteiger partial charge in [-0.25, -0.2) is 14.1 Å². The Morgan fingerprint density at radius 3 is 2.83 bits per heavy atom. The largest absolute Gasteiger partial charge is 0.388 e. The van der Waals surface area contributed by atoms with E-state index in [1.165, 1.54) is 41.8 Å². The highest BCUT2D eigenvalue weighted by Gasteiger charge is 2.46. The highest BCUT2D eigenvalue weighted by molar-refractivity contribution is 7.11. The number of rotatable bonds is 8. The smallest absolute Gasteiger partial charge is 0.333 e. The van der Waals surface area contributed by atoms with Crippen molar-refractivity contribution in [3.05, 3.63) is 87.5 Å². The number of nitrogens with zero attached hydrogens (tertiary/aromatic N) is 5. The first-order chi connectivity index (χ1) is 17.3. The third-order valence-electron chi connectivity index (χ3n) is 6.38. The van der Waals surface area contributed by atoms with Crippen LogP contribution in [0.4, 0.5) is 13.2 Å². The number of aliphatic hydroxyl groups is 1. The van der Waals surface area contributed by atoms with E-state index in [-0.39, 0.29) is 23.7 Å². The standard InChI is InChI=1S/C25H23ClF3N5OS/c1-2-3-4-8-25(35)13-19-20(18-7-10-34(32-18)24(28)29)21(16-6-5-15(27)12-17(16)26)31-22(33(19)14-25)23-30-9-11-36-23/h2,5-7,9-12,21,24,35H,1,3-4,8,13-14H2/t21-,25-/m0/s1. The molecule has 2 aromatic heterocycles. The van der Waals surface area contributed by atoms with Gasteiger partial charge in [-0.15, -0.1) is 17.9 Å². The first-order valence-electron chi connectivity index (χ1n) is 11.4. The molecule has 0 bridgehead atoms. The lowest BCUT2D eigenvalue weighted by atomic mass is 9.89. The van der Waals surface area contributed by atoms with E-state index in [0.717, 1.165) is 12.8 Å². The van der Waals surface area contributed by atoms with Crippen LogP contribution in [0.1, 0.15) is 54.5 Å². The van der Waals surface area contributed by atoms with E-state index >= 15 is 0 Å². The van der Waals surface area contributed by atoms with Gasteiger partial charge < -0.3 is 10.0 Å². The Morgan fingerprint density at radius 1 is 1.33 bits per heavy atom. The lowest BCUT2D eigenvalue weighted by Crippen LogP contribution is -2.37. The number of hydrogen-bond acceptors (Lipinski definition) is 6. The first-order valence-corrected chi connectivity index (χ1v) is 12.7. The molecule has 0 spiro atoms. The van der Waals surface area contributed by atoms with Crippen LogP contribution in [0.15, 0.2) is 65.4 Å². The monoisotopic (exact) mass is 533 g/mol. The lowest BCUT2D eigenvalue weighted by molar-refractivity contribution is 0.0451. The Hall–Kier alpha value is -2.95. The minimum absolute atomic E-state index is 0.154. The van der Waals surface area contributed by atoms with Crippen LogP contribution in [0.3, 0.4) is 0 Å². The van der Waals surface area contributed by atoms with Gasteiger partial charge in [0, 0.05) is 46.1 Å². The molecule has 0 aliphatic carbocycles. The van der Waals surface area contributed by atoms with Gasteiger partial charge >= 0.3 is 6.55 Å². The van der Waals surface area contributed by atoms with Gasteiger partial charge in [-0.3, -0.25) is 4.99 Å². The SMILES string of the molecule is C=CCCC[C@]1(O)CC2=C(c3ccn(C(F)F)n3)[C@H](c3ccc(F)cc3Cl)N=C(c3nccs3)N2C1. The maximum atomic E-state index is 13.9. The van der Waals surface area contributed by atoms with Gasteiger partial charge in [0.2, 0.25) is 0 Å². The van der Waals surface area contributed by atoms with Crippen molar-refractivity contribution in [2.24, 2.45) is 4.99 Å². The van der Waals surface area contributed by atoms with E-state index < -0.39 is 24.0 Å². The zero-order valence-electron chi connectivity index (χ0n) is 19.1. The molecule has 36 heavy (non-hydrogen) atoms.